The number of urea groups is 1. The molecule has 8 heteroatoms. The van der Waals surface area contributed by atoms with Crippen molar-refractivity contribution in [1.29, 1.82) is 0 Å². The van der Waals surface area contributed by atoms with Crippen LogP contribution in [0.15, 0.2) is 48.5 Å². The summed E-state index contributed by atoms with van der Waals surface area (Å²) in [5, 5.41) is 9.82. The molecule has 2 aromatic carbocycles. The molecule has 0 aliphatic carbocycles. The summed E-state index contributed by atoms with van der Waals surface area (Å²) in [5.41, 5.74) is 5.94. The van der Waals surface area contributed by atoms with Crippen LogP contribution in [0.2, 0.25) is 0 Å². The summed E-state index contributed by atoms with van der Waals surface area (Å²) >= 11 is 0. The Morgan fingerprint density at radius 1 is 1.13 bits per heavy atom. The van der Waals surface area contributed by atoms with E-state index in [-0.39, 0.29) is 17.9 Å². The Morgan fingerprint density at radius 3 is 2.60 bits per heavy atom. The summed E-state index contributed by atoms with van der Waals surface area (Å²) in [5.74, 6) is -1.09. The smallest absolute Gasteiger partial charge is 0.326 e. The quantitative estimate of drug-likeness (QED) is 0.517. The molecule has 30 heavy (non-hydrogen) atoms. The Kier molecular flexibility index (Phi) is 4.11. The number of amides is 4. The maximum Gasteiger partial charge on any atom is 0.326 e. The number of hydrogen-bond donors (Lipinski definition) is 2. The summed E-state index contributed by atoms with van der Waals surface area (Å²) in [4.78, 5) is 39.9. The lowest BCUT2D eigenvalue weighted by molar-refractivity contribution is -0.132. The Bertz CT molecular complexity index is 1200. The number of rotatable bonds is 3. The molecule has 2 aliphatic heterocycles. The average molecular weight is 404 g/mol. The maximum absolute atomic E-state index is 12.9. The maximum atomic E-state index is 12.9. The van der Waals surface area contributed by atoms with Gasteiger partial charge in [-0.05, 0) is 29.3 Å². The van der Waals surface area contributed by atoms with E-state index in [2.05, 4.69) is 4.57 Å². The molecule has 1 aromatic heterocycles. The molecule has 3 aromatic rings. The summed E-state index contributed by atoms with van der Waals surface area (Å²) in [6.07, 6.45) is 0. The molecule has 1 atom stereocenters. The summed E-state index contributed by atoms with van der Waals surface area (Å²) < 4.78 is 2.15. The van der Waals surface area contributed by atoms with Crippen molar-refractivity contribution in [1.82, 2.24) is 19.8 Å². The highest BCUT2D eigenvalue weighted by Gasteiger charge is 2.44. The number of para-hydroxylation sites is 1. The van der Waals surface area contributed by atoms with Crippen LogP contribution in [0, 0.1) is 0 Å². The van der Waals surface area contributed by atoms with E-state index in [0.29, 0.717) is 25.2 Å². The van der Waals surface area contributed by atoms with Crippen LogP contribution in [0.3, 0.4) is 0 Å². The fourth-order valence-electron chi connectivity index (χ4n) is 4.58. The van der Waals surface area contributed by atoms with Gasteiger partial charge >= 0.3 is 6.03 Å². The highest BCUT2D eigenvalue weighted by Crippen LogP contribution is 2.40. The van der Waals surface area contributed by atoms with Gasteiger partial charge in [-0.15, -0.1) is 0 Å². The number of carbonyl (C=O) groups is 3. The first-order valence-corrected chi connectivity index (χ1v) is 9.69. The third-order valence-corrected chi connectivity index (χ3v) is 6.06. The van der Waals surface area contributed by atoms with Crippen LogP contribution < -0.4 is 5.48 Å². The Balaban J connectivity index is 1.62. The molecular formula is C22H20N4O4. The average Bonchev–Trinajstić information content (AvgIpc) is 3.09. The van der Waals surface area contributed by atoms with Gasteiger partial charge in [-0.1, -0.05) is 30.3 Å². The van der Waals surface area contributed by atoms with Gasteiger partial charge in [0.15, 0.2) is 0 Å². The number of hydroxylamine groups is 1. The number of carbonyl (C=O) groups excluding carboxylic acids is 3. The van der Waals surface area contributed by atoms with Crippen molar-refractivity contribution in [2.75, 3.05) is 13.6 Å². The second-order valence-electron chi connectivity index (χ2n) is 7.71. The monoisotopic (exact) mass is 404 g/mol. The SMILES string of the molecule is CN1C(=O)[C@H]2CN(Cc3c2c2ccccc2n3Cc2ccc(C(=O)NO)cc2)C1=O. The molecular weight excluding hydrogens is 384 g/mol. The fourth-order valence-corrected chi connectivity index (χ4v) is 4.58. The number of fused-ring (bicyclic) bond motifs is 6. The molecule has 2 N–H and O–H groups in total. The number of hydrogen-bond acceptors (Lipinski definition) is 4. The predicted molar refractivity (Wildman–Crippen MR) is 108 cm³/mol. The summed E-state index contributed by atoms with van der Waals surface area (Å²) in [7, 11) is 1.54. The van der Waals surface area contributed by atoms with E-state index >= 15 is 0 Å². The minimum Gasteiger partial charge on any atom is -0.338 e. The first kappa shape index (κ1) is 18.4. The number of nitrogens with one attached hydrogen (secondary N) is 1. The largest absolute Gasteiger partial charge is 0.338 e. The summed E-state index contributed by atoms with van der Waals surface area (Å²) in [6.45, 7) is 1.39. The van der Waals surface area contributed by atoms with E-state index in [0.717, 1.165) is 27.7 Å². The zero-order valence-electron chi connectivity index (χ0n) is 16.3. The van der Waals surface area contributed by atoms with Crippen LogP contribution in [0.25, 0.3) is 10.9 Å². The molecule has 0 saturated carbocycles. The van der Waals surface area contributed by atoms with Crippen LogP contribution >= 0.6 is 0 Å². The van der Waals surface area contributed by atoms with Crippen molar-refractivity contribution < 1.29 is 19.6 Å². The van der Waals surface area contributed by atoms with Gasteiger partial charge in [0.1, 0.15) is 0 Å². The third-order valence-electron chi connectivity index (χ3n) is 6.06. The molecule has 5 rings (SSSR count). The molecule has 8 nitrogen and oxygen atoms in total. The minimum atomic E-state index is -0.563. The molecule has 4 amide bonds. The van der Waals surface area contributed by atoms with Gasteiger partial charge in [-0.2, -0.15) is 0 Å². The lowest BCUT2D eigenvalue weighted by Gasteiger charge is -2.41. The first-order valence-electron chi connectivity index (χ1n) is 9.69. The number of benzene rings is 2. The van der Waals surface area contributed by atoms with E-state index in [9.17, 15) is 14.4 Å². The zero-order chi connectivity index (χ0) is 21.0. The zero-order valence-corrected chi connectivity index (χ0v) is 16.3. The number of aromatic nitrogens is 1. The molecule has 1 fully saturated rings. The normalized spacial score (nSPS) is 18.0. The van der Waals surface area contributed by atoms with E-state index < -0.39 is 5.91 Å². The van der Waals surface area contributed by atoms with Gasteiger partial charge in [0, 0.05) is 42.3 Å². The van der Waals surface area contributed by atoms with Crippen LogP contribution in [0.5, 0.6) is 0 Å². The highest BCUT2D eigenvalue weighted by atomic mass is 16.5. The lowest BCUT2D eigenvalue weighted by Crippen LogP contribution is -2.56. The van der Waals surface area contributed by atoms with Gasteiger partial charge in [0.05, 0.1) is 12.5 Å². The molecule has 0 spiro atoms. The summed E-state index contributed by atoms with van der Waals surface area (Å²) in [6, 6.07) is 14.7. The van der Waals surface area contributed by atoms with Gasteiger partial charge < -0.3 is 9.47 Å². The van der Waals surface area contributed by atoms with E-state index in [4.69, 9.17) is 5.21 Å². The third kappa shape index (κ3) is 2.61. The Hall–Kier alpha value is -3.65. The molecule has 2 bridgehead atoms. The molecule has 0 radical (unpaired) electrons. The first-order chi connectivity index (χ1) is 14.5. The van der Waals surface area contributed by atoms with Crippen molar-refractivity contribution in [3.05, 3.63) is 70.9 Å². The van der Waals surface area contributed by atoms with E-state index in [1.165, 1.54) is 11.9 Å². The fraction of sp³-hybridized carbons (Fsp3) is 0.227. The van der Waals surface area contributed by atoms with Crippen molar-refractivity contribution >= 4 is 28.7 Å². The number of nitrogens with zero attached hydrogens (tertiary/aromatic N) is 3. The number of likely N-dealkylation sites (N-methyl/N-ethyl adjacent to an activating group) is 1. The molecule has 152 valence electrons. The topological polar surface area (TPSA) is 94.9 Å². The Morgan fingerprint density at radius 2 is 1.87 bits per heavy atom. The van der Waals surface area contributed by atoms with Crippen molar-refractivity contribution in [3.8, 4) is 0 Å². The van der Waals surface area contributed by atoms with Crippen LogP contribution in [0.1, 0.15) is 33.1 Å². The molecule has 0 unspecified atom stereocenters. The van der Waals surface area contributed by atoms with E-state index in [1.54, 1.807) is 22.5 Å². The van der Waals surface area contributed by atoms with Gasteiger partial charge in [-0.3, -0.25) is 19.7 Å². The van der Waals surface area contributed by atoms with Crippen LogP contribution in [0.4, 0.5) is 4.79 Å². The molecule has 3 heterocycles. The second kappa shape index (κ2) is 6.70. The van der Waals surface area contributed by atoms with Crippen LogP contribution in [-0.4, -0.2) is 51.0 Å². The van der Waals surface area contributed by atoms with Gasteiger partial charge in [-0.25, -0.2) is 10.3 Å². The van der Waals surface area contributed by atoms with Crippen LogP contribution in [-0.2, 0) is 17.9 Å². The van der Waals surface area contributed by atoms with Gasteiger partial charge in [0.25, 0.3) is 5.91 Å². The second-order valence-corrected chi connectivity index (χ2v) is 7.71. The van der Waals surface area contributed by atoms with E-state index in [1.807, 2.05) is 36.4 Å². The standard InChI is InChI=1S/C22H20N4O4/c1-24-21(28)16-11-25(22(24)29)12-18-19(16)15-4-2-3-5-17(15)26(18)10-13-6-8-14(9-7-13)20(27)23-30/h2-9,16,30H,10-12H2,1H3,(H,23,27)/t16-/m0/s1. The highest BCUT2D eigenvalue weighted by molar-refractivity contribution is 6.04. The van der Waals surface area contributed by atoms with Gasteiger partial charge in [0.2, 0.25) is 5.91 Å². The molecule has 1 saturated heterocycles. The molecule has 2 aliphatic rings. The van der Waals surface area contributed by atoms with Crippen molar-refractivity contribution in [3.63, 3.8) is 0 Å². The van der Waals surface area contributed by atoms with Crippen molar-refractivity contribution in [2.45, 2.75) is 19.0 Å². The number of imide groups is 1. The Labute approximate surface area is 172 Å². The predicted octanol–water partition coefficient (Wildman–Crippen LogP) is 2.30. The lowest BCUT2D eigenvalue weighted by atomic mass is 9.89. The minimum absolute atomic E-state index is 0.167. The van der Waals surface area contributed by atoms with Crippen molar-refractivity contribution in [2.24, 2.45) is 0 Å².